The molecule has 3 aliphatic heterocycles. The molecular weight excluding hydrogens is 945 g/mol. The number of nitrogens with zero attached hydrogens (tertiary/aromatic N) is 8. The van der Waals surface area contributed by atoms with E-state index < -0.39 is 24.3 Å². The first-order chi connectivity index (χ1) is 35.5. The number of benzene rings is 3. The minimum atomic E-state index is -0.925. The van der Waals surface area contributed by atoms with Gasteiger partial charge in [0.25, 0.3) is 0 Å². The summed E-state index contributed by atoms with van der Waals surface area (Å²) in [5, 5.41) is 12.2. The van der Waals surface area contributed by atoms with E-state index in [1.165, 1.54) is 21.1 Å². The molecule has 2 N–H and O–H groups in total. The lowest BCUT2D eigenvalue weighted by molar-refractivity contribution is -0.188. The lowest BCUT2D eigenvalue weighted by atomic mass is 9.92. The van der Waals surface area contributed by atoms with E-state index in [4.69, 9.17) is 13.9 Å². The number of hydrazine groups is 2. The van der Waals surface area contributed by atoms with Crippen LogP contribution in [0.4, 0.5) is 9.59 Å². The highest BCUT2D eigenvalue weighted by molar-refractivity contribution is 5.92. The van der Waals surface area contributed by atoms with Gasteiger partial charge in [-0.25, -0.2) is 29.6 Å². The van der Waals surface area contributed by atoms with Crippen molar-refractivity contribution in [2.45, 2.75) is 84.3 Å². The summed E-state index contributed by atoms with van der Waals surface area (Å²) < 4.78 is 16.4. The summed E-state index contributed by atoms with van der Waals surface area (Å²) in [6, 6.07) is 24.5. The van der Waals surface area contributed by atoms with Gasteiger partial charge in [0.15, 0.2) is 0 Å². The molecule has 394 valence electrons. The fourth-order valence-corrected chi connectivity index (χ4v) is 9.66. The molecule has 0 radical (unpaired) electrons. The number of ether oxygens (including phenoxy) is 2. The van der Waals surface area contributed by atoms with Crippen LogP contribution in [0.5, 0.6) is 5.75 Å². The van der Waals surface area contributed by atoms with Crippen molar-refractivity contribution < 1.29 is 42.7 Å². The van der Waals surface area contributed by atoms with Gasteiger partial charge in [-0.1, -0.05) is 88.0 Å². The van der Waals surface area contributed by atoms with E-state index in [0.717, 1.165) is 27.8 Å². The Hall–Kier alpha value is -7.64. The Balaban J connectivity index is 0.950. The number of fused-ring (bicyclic) bond motifs is 1. The molecule has 0 aliphatic carbocycles. The fourth-order valence-electron chi connectivity index (χ4n) is 9.66. The van der Waals surface area contributed by atoms with Crippen LogP contribution in [0, 0.1) is 5.92 Å². The van der Waals surface area contributed by atoms with Crippen LogP contribution in [-0.4, -0.2) is 155 Å². The van der Waals surface area contributed by atoms with Crippen LogP contribution in [0.2, 0.25) is 0 Å². The van der Waals surface area contributed by atoms with E-state index in [1.54, 1.807) is 96.6 Å². The Labute approximate surface area is 433 Å². The molecule has 1 aromatic heterocycles. The molecule has 19 nitrogen and oxygen atoms in total. The molecule has 4 aromatic rings. The number of hydrogen-bond acceptors (Lipinski definition) is 11. The van der Waals surface area contributed by atoms with Crippen molar-refractivity contribution in [2.24, 2.45) is 5.92 Å². The molecule has 0 spiro atoms. The summed E-state index contributed by atoms with van der Waals surface area (Å²) >= 11 is 0. The Morgan fingerprint density at radius 3 is 2.01 bits per heavy atom. The summed E-state index contributed by atoms with van der Waals surface area (Å²) in [5.41, 5.74) is 4.71. The number of piperazine rings is 1. The smallest absolute Gasteiger partial charge is 0.334 e. The van der Waals surface area contributed by atoms with Gasteiger partial charge in [0, 0.05) is 46.6 Å². The number of amides is 8. The van der Waals surface area contributed by atoms with E-state index in [2.05, 4.69) is 24.1 Å². The number of urea groups is 2. The quantitative estimate of drug-likeness (QED) is 0.110. The van der Waals surface area contributed by atoms with Crippen molar-refractivity contribution in [1.82, 2.24) is 50.3 Å². The van der Waals surface area contributed by atoms with Crippen LogP contribution in [-0.2, 0) is 50.0 Å². The molecule has 0 bridgehead atoms. The van der Waals surface area contributed by atoms with Gasteiger partial charge in [-0.15, -0.1) is 0 Å². The molecule has 19 heteroatoms. The minimum Gasteiger partial charge on any atom is -0.497 e. The molecule has 0 saturated carbocycles. The molecule has 8 amide bonds. The van der Waals surface area contributed by atoms with Gasteiger partial charge in [0.2, 0.25) is 23.6 Å². The number of furan rings is 1. The van der Waals surface area contributed by atoms with Gasteiger partial charge < -0.3 is 44.1 Å². The van der Waals surface area contributed by atoms with E-state index in [1.807, 2.05) is 74.5 Å². The summed E-state index contributed by atoms with van der Waals surface area (Å²) in [6.07, 6.45) is 4.58. The molecule has 3 aliphatic rings. The van der Waals surface area contributed by atoms with Gasteiger partial charge in [0.1, 0.15) is 42.2 Å². The number of hydrogen-bond donors (Lipinski definition) is 2. The molecule has 3 saturated heterocycles. The highest BCUT2D eigenvalue weighted by Crippen LogP contribution is 2.31. The van der Waals surface area contributed by atoms with Crippen molar-refractivity contribution in [2.75, 3.05) is 61.1 Å². The van der Waals surface area contributed by atoms with Crippen LogP contribution in [0.15, 0.2) is 120 Å². The topological polar surface area (TPSA) is 184 Å². The summed E-state index contributed by atoms with van der Waals surface area (Å²) in [6.45, 7) is 12.3. The van der Waals surface area contributed by atoms with Gasteiger partial charge in [-0.2, -0.15) is 0 Å². The number of rotatable bonds is 19. The zero-order valence-electron chi connectivity index (χ0n) is 43.7. The summed E-state index contributed by atoms with van der Waals surface area (Å²) in [7, 11) is 6.60. The van der Waals surface area contributed by atoms with E-state index in [9.17, 15) is 28.8 Å². The van der Waals surface area contributed by atoms with Gasteiger partial charge in [-0.05, 0) is 77.4 Å². The summed E-state index contributed by atoms with van der Waals surface area (Å²) in [5.74, 6) is 1.01. The second-order valence-electron chi connectivity index (χ2n) is 19.4. The van der Waals surface area contributed by atoms with Crippen molar-refractivity contribution in [3.63, 3.8) is 0 Å². The van der Waals surface area contributed by atoms with Crippen LogP contribution in [0.3, 0.4) is 0 Å². The average molecular weight is 1020 g/mol. The maximum atomic E-state index is 14.2. The normalized spacial score (nSPS) is 18.5. The van der Waals surface area contributed by atoms with Crippen molar-refractivity contribution in [3.05, 3.63) is 149 Å². The van der Waals surface area contributed by atoms with E-state index >= 15 is 0 Å². The zero-order valence-corrected chi connectivity index (χ0v) is 43.7. The third-order valence-corrected chi connectivity index (χ3v) is 13.8. The lowest BCUT2D eigenvalue weighted by Crippen LogP contribution is -2.75. The monoisotopic (exact) mass is 1010 g/mol. The van der Waals surface area contributed by atoms with Crippen LogP contribution in [0.1, 0.15) is 73.6 Å². The first-order valence-electron chi connectivity index (χ1n) is 24.9. The largest absolute Gasteiger partial charge is 0.497 e. The molecular formula is C55H70N10O9. The molecule has 3 fully saturated rings. The maximum Gasteiger partial charge on any atom is 0.334 e. The SMILES string of the molecule is C=CO/C(=C\C)CN(C)C(=O)C(Cc1ccc(OC)cc1)N1CN(C(=O)NCc2ccc(C(C)c3ccc(CNC(=O)N4C5CN(Cc6ccco6)C(=O)[C@H](CC(C)C)N5C(=O)CN4C)cc3)cc2)N(C)CC1=O. The highest BCUT2D eigenvalue weighted by Gasteiger charge is 2.51. The van der Waals surface area contributed by atoms with Gasteiger partial charge in [0.05, 0.1) is 52.4 Å². The van der Waals surface area contributed by atoms with Gasteiger partial charge >= 0.3 is 12.1 Å². The van der Waals surface area contributed by atoms with Crippen LogP contribution < -0.4 is 15.4 Å². The number of carbonyl (C=O) groups is 6. The molecule has 74 heavy (non-hydrogen) atoms. The van der Waals surface area contributed by atoms with Crippen molar-refractivity contribution >= 4 is 35.7 Å². The molecule has 4 heterocycles. The first kappa shape index (κ1) is 54.1. The first-order valence-corrected chi connectivity index (χ1v) is 24.9. The average Bonchev–Trinajstić information content (AvgIpc) is 3.91. The van der Waals surface area contributed by atoms with E-state index in [0.29, 0.717) is 23.7 Å². The molecule has 4 atom stereocenters. The fraction of sp³-hybridized carbons (Fsp3) is 0.418. The second kappa shape index (κ2) is 24.4. The Bertz CT molecular complexity index is 2640. The van der Waals surface area contributed by atoms with Gasteiger partial charge in [-0.3, -0.25) is 19.2 Å². The molecule has 3 unspecified atom stereocenters. The highest BCUT2D eigenvalue weighted by atomic mass is 16.5. The van der Waals surface area contributed by atoms with Crippen LogP contribution >= 0.6 is 0 Å². The lowest BCUT2D eigenvalue weighted by Gasteiger charge is -2.54. The predicted molar refractivity (Wildman–Crippen MR) is 277 cm³/mol. The third-order valence-electron chi connectivity index (χ3n) is 13.8. The number of carbonyl (C=O) groups excluding carboxylic acids is 6. The number of likely N-dealkylation sites (N-methyl/N-ethyl adjacent to an activating group) is 3. The molecule has 3 aromatic carbocycles. The van der Waals surface area contributed by atoms with Crippen molar-refractivity contribution in [1.29, 1.82) is 0 Å². The standard InChI is InChI=1S/C55H70N10O9/c1-10-44(73-11-2)31-58(6)52(68)47(28-39-18-24-45(72-9)25-19-39)62-36-63(59(7)34-50(62)66)54(70)56-29-40-14-20-42(21-15-40)38(5)43-22-16-41(17-23-43)30-57-55(71)65-49-33-61(32-46-13-12-26-74-46)53(69)48(27-37(3)4)64(49)51(67)35-60(65)8/h10-26,37-38,47-49H,2,27-36H2,1,3-9H3,(H,56,70)(H,57,71)/b44-10-/t38?,47?,48-,49?/m0/s1. The maximum absolute atomic E-state index is 14.2. The number of methoxy groups -OCH3 is 1. The second-order valence-corrected chi connectivity index (χ2v) is 19.4. The number of nitrogens with one attached hydrogen (secondary N) is 2. The Morgan fingerprint density at radius 1 is 0.838 bits per heavy atom. The number of allylic oxidation sites excluding steroid dienone is 1. The minimum absolute atomic E-state index is 0.0296. The predicted octanol–water partition coefficient (Wildman–Crippen LogP) is 5.72. The van der Waals surface area contributed by atoms with E-state index in [-0.39, 0.29) is 100 Å². The zero-order chi connectivity index (χ0) is 53.2. The summed E-state index contributed by atoms with van der Waals surface area (Å²) in [4.78, 5) is 89.3. The van der Waals surface area contributed by atoms with Crippen molar-refractivity contribution in [3.8, 4) is 5.75 Å². The Kier molecular flexibility index (Phi) is 17.8. The molecule has 7 rings (SSSR count). The van der Waals surface area contributed by atoms with Crippen LogP contribution in [0.25, 0.3) is 0 Å². The Morgan fingerprint density at radius 2 is 1.45 bits per heavy atom. The third kappa shape index (κ3) is 12.7.